The van der Waals surface area contributed by atoms with E-state index in [0.717, 1.165) is 0 Å². The van der Waals surface area contributed by atoms with Gasteiger partial charge in [0.05, 0.1) is 9.93 Å². The third kappa shape index (κ3) is 14.7. The lowest BCUT2D eigenvalue weighted by Gasteiger charge is -2.08. The van der Waals surface area contributed by atoms with Crippen molar-refractivity contribution >= 4 is 20.1 Å². The second kappa shape index (κ2) is 4.38. The van der Waals surface area contributed by atoms with Crippen LogP contribution in [0.1, 0.15) is 0 Å². The zero-order valence-corrected chi connectivity index (χ0v) is 8.72. The predicted octanol–water partition coefficient (Wildman–Crippen LogP) is 0.427. The van der Waals surface area contributed by atoms with Gasteiger partial charge in [-0.15, -0.1) is 4.21 Å². The summed E-state index contributed by atoms with van der Waals surface area (Å²) in [5.41, 5.74) is -5.65. The highest BCUT2D eigenvalue weighted by atomic mass is 32.2. The van der Waals surface area contributed by atoms with E-state index in [2.05, 4.69) is 0 Å². The lowest BCUT2D eigenvalue weighted by molar-refractivity contribution is -0.0517. The Bertz CT molecular complexity index is 277. The third-order valence-electron chi connectivity index (χ3n) is 0.283. The number of hydrogen-bond acceptors (Lipinski definition) is 4. The zero-order chi connectivity index (χ0) is 11.5. The Labute approximate surface area is 75.3 Å². The zero-order valence-electron chi connectivity index (χ0n) is 7.08. The van der Waals surface area contributed by atoms with Crippen LogP contribution in [0.4, 0.5) is 13.2 Å². The van der Waals surface area contributed by atoms with Gasteiger partial charge in [-0.05, 0) is 0 Å². The van der Waals surface area contributed by atoms with E-state index in [1.54, 1.807) is 18.8 Å². The summed E-state index contributed by atoms with van der Waals surface area (Å²) >= 11 is 0. The molecule has 0 heterocycles. The van der Waals surface area contributed by atoms with Crippen LogP contribution in [-0.4, -0.2) is 37.2 Å². The molecular weight excluding hydrogens is 233 g/mol. The molecule has 0 aliphatic carbocycles. The van der Waals surface area contributed by atoms with E-state index < -0.39 is 25.6 Å². The molecule has 4 nitrogen and oxygen atoms in total. The molecular formula is C4H9F3O4S2. The Morgan fingerprint density at radius 3 is 1.23 bits per heavy atom. The molecule has 0 atom stereocenters. The summed E-state index contributed by atoms with van der Waals surface area (Å²) in [6.07, 6.45) is 5.15. The van der Waals surface area contributed by atoms with Gasteiger partial charge >= 0.3 is 5.51 Å². The van der Waals surface area contributed by atoms with Crippen molar-refractivity contribution in [2.45, 2.75) is 5.51 Å². The Morgan fingerprint density at radius 1 is 1.15 bits per heavy atom. The van der Waals surface area contributed by atoms with E-state index in [9.17, 15) is 17.4 Å². The highest BCUT2D eigenvalue weighted by Crippen LogP contribution is 2.20. The van der Waals surface area contributed by atoms with Crippen molar-refractivity contribution in [2.75, 3.05) is 18.8 Å². The second-order valence-electron chi connectivity index (χ2n) is 2.62. The summed E-state index contributed by atoms with van der Waals surface area (Å²) in [6, 6.07) is 0. The van der Waals surface area contributed by atoms with E-state index in [-0.39, 0.29) is 0 Å². The van der Waals surface area contributed by atoms with E-state index in [4.69, 9.17) is 13.0 Å². The van der Waals surface area contributed by atoms with Crippen molar-refractivity contribution < 1.29 is 30.4 Å². The molecule has 0 spiro atoms. The van der Waals surface area contributed by atoms with Crippen LogP contribution in [0.2, 0.25) is 0 Å². The highest BCUT2D eigenvalue weighted by molar-refractivity contribution is 8.00. The minimum absolute atomic E-state index is 1.42. The maximum Gasteiger partial charge on any atom is 0.485 e. The number of alkyl halides is 3. The van der Waals surface area contributed by atoms with E-state index in [1.165, 1.54) is 0 Å². The van der Waals surface area contributed by atoms with Crippen molar-refractivity contribution in [3.05, 3.63) is 0 Å². The highest BCUT2D eigenvalue weighted by Gasteiger charge is 2.36. The van der Waals surface area contributed by atoms with Gasteiger partial charge in [0.25, 0.3) is 0 Å². The molecule has 0 aliphatic rings. The van der Waals surface area contributed by atoms with Crippen LogP contribution in [0, 0.1) is 0 Å². The first kappa shape index (κ1) is 15.3. The van der Waals surface area contributed by atoms with Gasteiger partial charge in [-0.1, -0.05) is 0 Å². The minimum atomic E-state index is -6.09. The maximum absolute atomic E-state index is 10.7. The largest absolute Gasteiger partial charge is 0.741 e. The van der Waals surface area contributed by atoms with E-state index in [0.29, 0.717) is 0 Å². The summed E-state index contributed by atoms with van der Waals surface area (Å²) in [7, 11) is -7.51. The lowest BCUT2D eigenvalue weighted by atomic mass is 11.6. The number of hydrogen-bond donors (Lipinski definition) is 0. The monoisotopic (exact) mass is 242 g/mol. The first-order chi connectivity index (χ1) is 5.25. The minimum Gasteiger partial charge on any atom is -0.741 e. The summed E-state index contributed by atoms with van der Waals surface area (Å²) in [6.45, 7) is 0. The molecule has 0 unspecified atom stereocenters. The molecule has 0 saturated carbocycles. The van der Waals surface area contributed by atoms with Crippen LogP contribution in [0.25, 0.3) is 0 Å². The Balaban J connectivity index is 0. The topological polar surface area (TPSA) is 74.3 Å². The Kier molecular flexibility index (Phi) is 5.16. The normalized spacial score (nSPS) is 13.2. The smallest absolute Gasteiger partial charge is 0.485 e. The molecule has 0 aromatic carbocycles. The van der Waals surface area contributed by atoms with Gasteiger partial charge < -0.3 is 4.55 Å². The van der Waals surface area contributed by atoms with Gasteiger partial charge in [0.2, 0.25) is 0 Å². The van der Waals surface area contributed by atoms with Crippen molar-refractivity contribution in [1.82, 2.24) is 0 Å². The van der Waals surface area contributed by atoms with E-state index >= 15 is 0 Å². The third-order valence-corrected chi connectivity index (χ3v) is 0.850. The molecule has 9 heteroatoms. The predicted molar refractivity (Wildman–Crippen MR) is 41.6 cm³/mol. The molecule has 0 fully saturated rings. The first-order valence-corrected chi connectivity index (χ1v) is 6.85. The lowest BCUT2D eigenvalue weighted by Crippen LogP contribution is -2.21. The first-order valence-electron chi connectivity index (χ1n) is 2.66. The van der Waals surface area contributed by atoms with Crippen molar-refractivity contribution in [2.24, 2.45) is 0 Å². The maximum atomic E-state index is 10.7. The molecule has 0 radical (unpaired) electrons. The van der Waals surface area contributed by atoms with Crippen LogP contribution in [0.15, 0.2) is 0 Å². The summed E-state index contributed by atoms with van der Waals surface area (Å²) in [5, 5.41) is 0. The molecule has 0 rings (SSSR count). The van der Waals surface area contributed by atoms with Crippen molar-refractivity contribution in [3.63, 3.8) is 0 Å². The van der Waals surface area contributed by atoms with Crippen molar-refractivity contribution in [1.29, 1.82) is 0 Å². The van der Waals surface area contributed by atoms with Crippen LogP contribution in [0.3, 0.4) is 0 Å². The second-order valence-corrected chi connectivity index (χ2v) is 7.45. The number of rotatable bonds is 0. The molecule has 0 N–H and O–H groups in total. The Hall–Kier alpha value is -0.150. The summed E-state index contributed by atoms with van der Waals surface area (Å²) in [4.78, 5) is 0. The molecule has 0 aliphatic heterocycles. The molecule has 13 heavy (non-hydrogen) atoms. The summed E-state index contributed by atoms with van der Waals surface area (Å²) < 4.78 is 69.1. The fourth-order valence-corrected chi connectivity index (χ4v) is 0. The van der Waals surface area contributed by atoms with Crippen LogP contribution < -0.4 is 0 Å². The SMILES string of the molecule is C[S+](C)(C)=O.O=S(=O)([O-])C(F)(F)F. The van der Waals surface area contributed by atoms with Gasteiger partial charge in [-0.2, -0.15) is 13.2 Å². The quantitative estimate of drug-likeness (QED) is 0.350. The van der Waals surface area contributed by atoms with Gasteiger partial charge in [0.15, 0.2) is 10.1 Å². The average molecular weight is 242 g/mol. The van der Waals surface area contributed by atoms with Gasteiger partial charge in [-0.25, -0.2) is 8.42 Å². The molecule has 0 aromatic heterocycles. The standard InChI is InChI=1S/C3H9OS.CHF3O3S/c1-5(2,3)4;2-1(3,4)8(5,6)7/h1-3H3;(H,5,6,7)/q+1;/p-1. The van der Waals surface area contributed by atoms with Gasteiger partial charge in [-0.3, -0.25) is 0 Å². The van der Waals surface area contributed by atoms with Crippen LogP contribution in [0.5, 0.6) is 0 Å². The molecule has 0 amide bonds. The fourth-order valence-electron chi connectivity index (χ4n) is 0. The molecule has 82 valence electrons. The van der Waals surface area contributed by atoms with Gasteiger partial charge in [0.1, 0.15) is 18.8 Å². The fraction of sp³-hybridized carbons (Fsp3) is 1.00. The molecule has 0 aromatic rings. The van der Waals surface area contributed by atoms with Crippen LogP contribution in [-0.2, 0) is 24.3 Å². The van der Waals surface area contributed by atoms with E-state index in [1.807, 2.05) is 0 Å². The average Bonchev–Trinajstić information content (AvgIpc) is 1.50. The molecule has 0 bridgehead atoms. The van der Waals surface area contributed by atoms with Gasteiger partial charge in [0, 0.05) is 0 Å². The number of halogens is 3. The molecule has 0 saturated heterocycles. The summed E-state index contributed by atoms with van der Waals surface area (Å²) in [5.74, 6) is 0. The Morgan fingerprint density at radius 2 is 1.23 bits per heavy atom. The van der Waals surface area contributed by atoms with Crippen molar-refractivity contribution in [3.8, 4) is 0 Å². The van der Waals surface area contributed by atoms with Crippen LogP contribution >= 0.6 is 0 Å².